The van der Waals surface area contributed by atoms with Crippen LogP contribution in [-0.2, 0) is 13.0 Å². The Bertz CT molecular complexity index is 589. The number of ether oxygens (including phenoxy) is 2. The van der Waals surface area contributed by atoms with Gasteiger partial charge in [-0.2, -0.15) is 0 Å². The maximum atomic E-state index is 6.15. The van der Waals surface area contributed by atoms with Gasteiger partial charge in [0.2, 0.25) is 0 Å². The standard InChI is InChI=1S/C17H22N2O2/c1-20-14-5-7-15(8-6-14)21-10-9-19-11-13-3-2-4-17(18)16(13)12-19/h5-8,11-12,17H,2-4,9-10,18H2,1H3. The van der Waals surface area contributed by atoms with E-state index in [9.17, 15) is 0 Å². The lowest BCUT2D eigenvalue weighted by Crippen LogP contribution is -2.15. The van der Waals surface area contributed by atoms with Gasteiger partial charge in [-0.1, -0.05) is 0 Å². The van der Waals surface area contributed by atoms with Crippen LogP contribution in [0.2, 0.25) is 0 Å². The van der Waals surface area contributed by atoms with E-state index in [1.165, 1.54) is 17.5 Å². The molecule has 1 aromatic carbocycles. The molecular formula is C17H22N2O2. The smallest absolute Gasteiger partial charge is 0.119 e. The minimum atomic E-state index is 0.206. The third-order valence-corrected chi connectivity index (χ3v) is 4.04. The number of rotatable bonds is 5. The van der Waals surface area contributed by atoms with Gasteiger partial charge in [0, 0.05) is 18.4 Å². The van der Waals surface area contributed by atoms with Crippen molar-refractivity contribution < 1.29 is 9.47 Å². The van der Waals surface area contributed by atoms with Gasteiger partial charge >= 0.3 is 0 Å². The summed E-state index contributed by atoms with van der Waals surface area (Å²) in [5.41, 5.74) is 8.86. The summed E-state index contributed by atoms with van der Waals surface area (Å²) in [4.78, 5) is 0. The number of aromatic nitrogens is 1. The summed E-state index contributed by atoms with van der Waals surface area (Å²) in [6.07, 6.45) is 7.83. The molecule has 1 aliphatic carbocycles. The highest BCUT2D eigenvalue weighted by Gasteiger charge is 2.18. The maximum absolute atomic E-state index is 6.15. The Kier molecular flexibility index (Phi) is 4.15. The van der Waals surface area contributed by atoms with E-state index in [1.807, 2.05) is 24.3 Å². The van der Waals surface area contributed by atoms with Crippen LogP contribution in [0.25, 0.3) is 0 Å². The zero-order chi connectivity index (χ0) is 14.7. The van der Waals surface area contributed by atoms with Crippen LogP contribution in [0.3, 0.4) is 0 Å². The molecule has 1 heterocycles. The van der Waals surface area contributed by atoms with Crippen molar-refractivity contribution in [3.05, 3.63) is 47.8 Å². The van der Waals surface area contributed by atoms with Crippen LogP contribution >= 0.6 is 0 Å². The predicted octanol–water partition coefficient (Wildman–Crippen LogP) is 2.91. The molecule has 0 amide bonds. The minimum Gasteiger partial charge on any atom is -0.497 e. The van der Waals surface area contributed by atoms with Crippen molar-refractivity contribution in [3.63, 3.8) is 0 Å². The topological polar surface area (TPSA) is 49.4 Å². The molecule has 0 spiro atoms. The Labute approximate surface area is 125 Å². The van der Waals surface area contributed by atoms with E-state index >= 15 is 0 Å². The summed E-state index contributed by atoms with van der Waals surface area (Å²) in [5.74, 6) is 1.71. The number of nitrogens with two attached hydrogens (primary N) is 1. The van der Waals surface area contributed by atoms with Gasteiger partial charge in [0.1, 0.15) is 18.1 Å². The van der Waals surface area contributed by atoms with Gasteiger partial charge in [0.25, 0.3) is 0 Å². The summed E-state index contributed by atoms with van der Waals surface area (Å²) < 4.78 is 13.1. The number of fused-ring (bicyclic) bond motifs is 1. The first-order valence-electron chi connectivity index (χ1n) is 7.47. The number of benzene rings is 1. The lowest BCUT2D eigenvalue weighted by Gasteiger charge is -2.17. The first kappa shape index (κ1) is 14.0. The molecule has 3 rings (SSSR count). The number of hydrogen-bond acceptors (Lipinski definition) is 3. The summed E-state index contributed by atoms with van der Waals surface area (Å²) in [6, 6.07) is 7.87. The molecule has 1 aliphatic rings. The van der Waals surface area contributed by atoms with Crippen molar-refractivity contribution in [2.45, 2.75) is 31.8 Å². The Morgan fingerprint density at radius 1 is 1.19 bits per heavy atom. The monoisotopic (exact) mass is 286 g/mol. The van der Waals surface area contributed by atoms with Gasteiger partial charge in [-0.25, -0.2) is 0 Å². The minimum absolute atomic E-state index is 0.206. The Balaban J connectivity index is 1.55. The Morgan fingerprint density at radius 3 is 2.67 bits per heavy atom. The van der Waals surface area contributed by atoms with Crippen LogP contribution in [0.1, 0.15) is 30.0 Å². The number of methoxy groups -OCH3 is 1. The van der Waals surface area contributed by atoms with Crippen LogP contribution in [0.5, 0.6) is 11.5 Å². The summed E-state index contributed by atoms with van der Waals surface area (Å²) in [7, 11) is 1.66. The molecule has 0 aliphatic heterocycles. The second kappa shape index (κ2) is 6.22. The summed E-state index contributed by atoms with van der Waals surface area (Å²) in [5, 5.41) is 0. The average Bonchev–Trinajstić information content (AvgIpc) is 2.92. The third-order valence-electron chi connectivity index (χ3n) is 4.04. The fraction of sp³-hybridized carbons (Fsp3) is 0.412. The summed E-state index contributed by atoms with van der Waals surface area (Å²) in [6.45, 7) is 1.49. The van der Waals surface area contributed by atoms with E-state index in [-0.39, 0.29) is 6.04 Å². The fourth-order valence-corrected chi connectivity index (χ4v) is 2.85. The predicted molar refractivity (Wildman–Crippen MR) is 82.8 cm³/mol. The van der Waals surface area contributed by atoms with E-state index in [0.717, 1.165) is 30.9 Å². The Hall–Kier alpha value is -1.94. The van der Waals surface area contributed by atoms with Crippen molar-refractivity contribution in [1.82, 2.24) is 4.57 Å². The number of hydrogen-bond donors (Lipinski definition) is 1. The van der Waals surface area contributed by atoms with Crippen LogP contribution < -0.4 is 15.2 Å². The zero-order valence-corrected chi connectivity index (χ0v) is 12.4. The lowest BCUT2D eigenvalue weighted by molar-refractivity contribution is 0.298. The first-order chi connectivity index (χ1) is 10.3. The van der Waals surface area contributed by atoms with Crippen molar-refractivity contribution in [2.24, 2.45) is 5.73 Å². The molecule has 1 unspecified atom stereocenters. The molecule has 21 heavy (non-hydrogen) atoms. The normalized spacial score (nSPS) is 17.3. The van der Waals surface area contributed by atoms with Gasteiger partial charge in [-0.05, 0) is 54.7 Å². The van der Waals surface area contributed by atoms with Gasteiger partial charge in [-0.15, -0.1) is 0 Å². The number of nitrogens with zero attached hydrogens (tertiary/aromatic N) is 1. The molecule has 1 aromatic heterocycles. The highest BCUT2D eigenvalue weighted by atomic mass is 16.5. The highest BCUT2D eigenvalue weighted by molar-refractivity contribution is 5.31. The second-order valence-corrected chi connectivity index (χ2v) is 5.50. The fourth-order valence-electron chi connectivity index (χ4n) is 2.85. The molecule has 0 bridgehead atoms. The zero-order valence-electron chi connectivity index (χ0n) is 12.4. The van der Waals surface area contributed by atoms with Crippen molar-refractivity contribution in [2.75, 3.05) is 13.7 Å². The lowest BCUT2D eigenvalue weighted by atomic mass is 9.92. The van der Waals surface area contributed by atoms with E-state index in [1.54, 1.807) is 7.11 Å². The van der Waals surface area contributed by atoms with E-state index < -0.39 is 0 Å². The molecule has 4 heteroatoms. The molecule has 2 N–H and O–H groups in total. The van der Waals surface area contributed by atoms with Crippen LogP contribution in [0.15, 0.2) is 36.7 Å². The van der Waals surface area contributed by atoms with Crippen molar-refractivity contribution >= 4 is 0 Å². The van der Waals surface area contributed by atoms with Crippen LogP contribution in [0.4, 0.5) is 0 Å². The molecule has 0 saturated heterocycles. The summed E-state index contributed by atoms with van der Waals surface area (Å²) >= 11 is 0. The van der Waals surface area contributed by atoms with Gasteiger partial charge in [-0.3, -0.25) is 0 Å². The number of aryl methyl sites for hydroxylation is 1. The molecule has 4 nitrogen and oxygen atoms in total. The van der Waals surface area contributed by atoms with Gasteiger partial charge < -0.3 is 19.8 Å². The van der Waals surface area contributed by atoms with Crippen molar-refractivity contribution in [1.29, 1.82) is 0 Å². The van der Waals surface area contributed by atoms with Crippen LogP contribution in [-0.4, -0.2) is 18.3 Å². The molecule has 2 aromatic rings. The third kappa shape index (κ3) is 3.22. The first-order valence-corrected chi connectivity index (χ1v) is 7.47. The Morgan fingerprint density at radius 2 is 1.95 bits per heavy atom. The van der Waals surface area contributed by atoms with Crippen LogP contribution in [0, 0.1) is 0 Å². The molecule has 0 saturated carbocycles. The largest absolute Gasteiger partial charge is 0.497 e. The maximum Gasteiger partial charge on any atom is 0.119 e. The second-order valence-electron chi connectivity index (χ2n) is 5.50. The highest BCUT2D eigenvalue weighted by Crippen LogP contribution is 2.28. The van der Waals surface area contributed by atoms with E-state index in [0.29, 0.717) is 6.61 Å². The van der Waals surface area contributed by atoms with E-state index in [2.05, 4.69) is 17.0 Å². The molecule has 0 radical (unpaired) electrons. The molecular weight excluding hydrogens is 264 g/mol. The SMILES string of the molecule is COc1ccc(OCCn2cc3c(c2)C(N)CCC3)cc1. The van der Waals surface area contributed by atoms with Gasteiger partial charge in [0.15, 0.2) is 0 Å². The molecule has 0 fully saturated rings. The van der Waals surface area contributed by atoms with E-state index in [4.69, 9.17) is 15.2 Å². The quantitative estimate of drug-likeness (QED) is 0.919. The average molecular weight is 286 g/mol. The van der Waals surface area contributed by atoms with Crippen molar-refractivity contribution in [3.8, 4) is 11.5 Å². The molecule has 112 valence electrons. The van der Waals surface area contributed by atoms with Gasteiger partial charge in [0.05, 0.1) is 13.7 Å². The molecule has 1 atom stereocenters.